The monoisotopic (exact) mass is 223 g/mol. The summed E-state index contributed by atoms with van der Waals surface area (Å²) >= 11 is 0. The Morgan fingerprint density at radius 1 is 1.19 bits per heavy atom. The van der Waals surface area contributed by atoms with Crippen LogP contribution in [0.2, 0.25) is 0 Å². The van der Waals surface area contributed by atoms with Gasteiger partial charge in [-0.25, -0.2) is 4.79 Å². The number of nitrogens with zero attached hydrogens (tertiary/aromatic N) is 1. The second-order valence-electron chi connectivity index (χ2n) is 3.75. The molecule has 0 atom stereocenters. The van der Waals surface area contributed by atoms with Gasteiger partial charge in [0.2, 0.25) is 0 Å². The molecule has 90 valence electrons. The van der Waals surface area contributed by atoms with Crippen molar-refractivity contribution >= 4 is 5.97 Å². The molecule has 0 aliphatic rings. The molecule has 0 amide bonds. The quantitative estimate of drug-likeness (QED) is 0.260. The van der Waals surface area contributed by atoms with Crippen molar-refractivity contribution in [3.63, 3.8) is 0 Å². The summed E-state index contributed by atoms with van der Waals surface area (Å²) in [5.41, 5.74) is 0. The van der Waals surface area contributed by atoms with E-state index in [-0.39, 0.29) is 0 Å². The van der Waals surface area contributed by atoms with Crippen LogP contribution < -0.4 is 0 Å². The first kappa shape index (κ1) is 14.7. The van der Waals surface area contributed by atoms with Gasteiger partial charge in [-0.3, -0.25) is 0 Å². The van der Waals surface area contributed by atoms with Gasteiger partial charge >= 0.3 is 5.97 Å². The van der Waals surface area contributed by atoms with Crippen LogP contribution in [-0.2, 0) is 9.53 Å². The zero-order valence-electron chi connectivity index (χ0n) is 10.1. The topological polar surface area (TPSA) is 50.1 Å². The molecule has 0 aromatic heterocycles. The number of carbonyl (C=O) groups is 1. The van der Waals surface area contributed by atoms with Gasteiger partial charge in [0.15, 0.2) is 0 Å². The van der Waals surface area contributed by atoms with Crippen molar-refractivity contribution in [3.05, 3.63) is 12.2 Å². The van der Waals surface area contributed by atoms with E-state index < -0.39 is 5.97 Å². The zero-order chi connectivity index (χ0) is 12.1. The Morgan fingerprint density at radius 2 is 1.81 bits per heavy atom. The fourth-order valence-corrected chi connectivity index (χ4v) is 1.39. The number of carbonyl (C=O) groups excluding carboxylic acids is 1. The van der Waals surface area contributed by atoms with E-state index in [9.17, 15) is 4.79 Å². The summed E-state index contributed by atoms with van der Waals surface area (Å²) in [7, 11) is 0. The number of hydrogen-bond acceptors (Lipinski definition) is 3. The number of allylic oxidation sites excluding steroid dienone is 1. The molecule has 0 unspecified atom stereocenters. The third kappa shape index (κ3) is 10.8. The third-order valence-electron chi connectivity index (χ3n) is 2.29. The Labute approximate surface area is 98.1 Å². The molecule has 0 N–H and O–H groups in total. The zero-order valence-corrected chi connectivity index (χ0v) is 10.1. The molecule has 0 aliphatic carbocycles. The highest BCUT2D eigenvalue weighted by molar-refractivity contribution is 5.82. The number of nitriles is 1. The van der Waals surface area contributed by atoms with Crippen LogP contribution in [0.15, 0.2) is 12.2 Å². The normalized spacial score (nSPS) is 10.2. The van der Waals surface area contributed by atoms with Crippen LogP contribution in [0.3, 0.4) is 0 Å². The predicted octanol–water partition coefficient (Wildman–Crippen LogP) is 3.36. The summed E-state index contributed by atoms with van der Waals surface area (Å²) in [6.45, 7) is 2.66. The molecule has 0 bridgehead atoms. The lowest BCUT2D eigenvalue weighted by molar-refractivity contribution is -0.137. The predicted molar refractivity (Wildman–Crippen MR) is 63.7 cm³/mol. The highest BCUT2D eigenvalue weighted by atomic mass is 16.5. The lowest BCUT2D eigenvalue weighted by atomic mass is 10.1. The van der Waals surface area contributed by atoms with Crippen LogP contribution in [0.4, 0.5) is 0 Å². The molecule has 0 spiro atoms. The van der Waals surface area contributed by atoms with Crippen LogP contribution in [0.1, 0.15) is 51.9 Å². The second kappa shape index (κ2) is 11.8. The summed E-state index contributed by atoms with van der Waals surface area (Å²) in [5.74, 6) is -0.424. The van der Waals surface area contributed by atoms with Crippen molar-refractivity contribution in [2.45, 2.75) is 51.9 Å². The van der Waals surface area contributed by atoms with E-state index in [1.54, 1.807) is 6.07 Å². The van der Waals surface area contributed by atoms with Gasteiger partial charge in [0, 0.05) is 12.2 Å². The molecule has 0 fully saturated rings. The maximum absolute atomic E-state index is 10.9. The van der Waals surface area contributed by atoms with Crippen molar-refractivity contribution < 1.29 is 9.53 Å². The lowest BCUT2D eigenvalue weighted by Crippen LogP contribution is -2.02. The minimum Gasteiger partial charge on any atom is -0.463 e. The molecule has 3 nitrogen and oxygen atoms in total. The van der Waals surface area contributed by atoms with E-state index in [4.69, 9.17) is 10.00 Å². The highest BCUT2D eigenvalue weighted by Gasteiger charge is 1.96. The third-order valence-corrected chi connectivity index (χ3v) is 2.29. The second-order valence-corrected chi connectivity index (χ2v) is 3.75. The van der Waals surface area contributed by atoms with Gasteiger partial charge in [0.05, 0.1) is 12.7 Å². The van der Waals surface area contributed by atoms with E-state index in [2.05, 4.69) is 6.92 Å². The molecule has 0 aromatic carbocycles. The number of rotatable bonds is 9. The fraction of sp³-hybridized carbons (Fsp3) is 0.692. The summed E-state index contributed by atoms with van der Waals surface area (Å²) in [5, 5.41) is 8.18. The van der Waals surface area contributed by atoms with Crippen LogP contribution in [0, 0.1) is 11.3 Å². The first-order valence-electron chi connectivity index (χ1n) is 6.04. The summed E-state index contributed by atoms with van der Waals surface area (Å²) < 4.78 is 4.89. The average Bonchev–Trinajstić information content (AvgIpc) is 2.30. The van der Waals surface area contributed by atoms with Crippen molar-refractivity contribution in [2.24, 2.45) is 0 Å². The van der Waals surface area contributed by atoms with E-state index in [0.29, 0.717) is 6.61 Å². The summed E-state index contributed by atoms with van der Waals surface area (Å²) in [4.78, 5) is 10.9. The molecule has 0 heterocycles. The smallest absolute Gasteiger partial charge is 0.331 e. The highest BCUT2D eigenvalue weighted by Crippen LogP contribution is 2.06. The first-order chi connectivity index (χ1) is 7.81. The van der Waals surface area contributed by atoms with E-state index in [1.165, 1.54) is 32.1 Å². The first-order valence-corrected chi connectivity index (χ1v) is 6.04. The molecule has 3 heteroatoms. The van der Waals surface area contributed by atoms with E-state index in [1.807, 2.05) is 0 Å². The maximum Gasteiger partial charge on any atom is 0.331 e. The van der Waals surface area contributed by atoms with E-state index >= 15 is 0 Å². The van der Waals surface area contributed by atoms with Crippen LogP contribution >= 0.6 is 0 Å². The Bertz CT molecular complexity index is 241. The average molecular weight is 223 g/mol. The van der Waals surface area contributed by atoms with Crippen molar-refractivity contribution in [1.29, 1.82) is 5.26 Å². The largest absolute Gasteiger partial charge is 0.463 e. The molecule has 0 saturated heterocycles. The summed E-state index contributed by atoms with van der Waals surface area (Å²) in [6, 6.07) is 1.75. The van der Waals surface area contributed by atoms with Gasteiger partial charge < -0.3 is 4.74 Å². The number of ether oxygens (including phenoxy) is 1. The lowest BCUT2D eigenvalue weighted by Gasteiger charge is -2.02. The van der Waals surface area contributed by atoms with Gasteiger partial charge in [-0.15, -0.1) is 0 Å². The maximum atomic E-state index is 10.9. The van der Waals surface area contributed by atoms with Gasteiger partial charge in [-0.2, -0.15) is 5.26 Å². The SMILES string of the molecule is CCCCCCCCCOC(=O)C=CC#N. The van der Waals surface area contributed by atoms with Gasteiger partial charge in [0.25, 0.3) is 0 Å². The number of hydrogen-bond donors (Lipinski definition) is 0. The van der Waals surface area contributed by atoms with Crippen molar-refractivity contribution in [2.75, 3.05) is 6.61 Å². The van der Waals surface area contributed by atoms with E-state index in [0.717, 1.165) is 25.0 Å². The molecule has 0 rings (SSSR count). The van der Waals surface area contributed by atoms with Crippen LogP contribution in [0.25, 0.3) is 0 Å². The van der Waals surface area contributed by atoms with Crippen LogP contribution in [-0.4, -0.2) is 12.6 Å². The molecule has 0 radical (unpaired) electrons. The molecule has 0 saturated carbocycles. The van der Waals surface area contributed by atoms with Crippen LogP contribution in [0.5, 0.6) is 0 Å². The Hall–Kier alpha value is -1.30. The Balaban J connectivity index is 3.18. The Kier molecular flexibility index (Phi) is 10.8. The molecular weight excluding hydrogens is 202 g/mol. The van der Waals surface area contributed by atoms with Gasteiger partial charge in [0.1, 0.15) is 0 Å². The van der Waals surface area contributed by atoms with Gasteiger partial charge in [-0.1, -0.05) is 45.4 Å². The molecule has 16 heavy (non-hydrogen) atoms. The standard InChI is InChI=1S/C13H21NO2/c1-2-3-4-5-6-7-8-12-16-13(15)10-9-11-14/h9-10H,2-8,12H2,1H3. The minimum absolute atomic E-state index is 0.424. The summed E-state index contributed by atoms with van der Waals surface area (Å²) in [6.07, 6.45) is 10.7. The van der Waals surface area contributed by atoms with Gasteiger partial charge in [-0.05, 0) is 6.42 Å². The van der Waals surface area contributed by atoms with Crippen molar-refractivity contribution in [1.82, 2.24) is 0 Å². The number of unbranched alkanes of at least 4 members (excludes halogenated alkanes) is 6. The van der Waals surface area contributed by atoms with Crippen molar-refractivity contribution in [3.8, 4) is 6.07 Å². The Morgan fingerprint density at radius 3 is 2.44 bits per heavy atom. The molecule has 0 aliphatic heterocycles. The molecule has 0 aromatic rings. The number of esters is 1. The minimum atomic E-state index is -0.424. The fourth-order valence-electron chi connectivity index (χ4n) is 1.39. The molecular formula is C13H21NO2.